The summed E-state index contributed by atoms with van der Waals surface area (Å²) in [6.07, 6.45) is 4.08. The summed E-state index contributed by atoms with van der Waals surface area (Å²) < 4.78 is 5.25. The minimum Gasteiger partial charge on any atom is -0.447 e. The second-order valence-electron chi connectivity index (χ2n) is 8.10. The molecule has 6 nitrogen and oxygen atoms in total. The lowest BCUT2D eigenvalue weighted by Crippen LogP contribution is -2.33. The minimum absolute atomic E-state index is 0.0240. The topological polar surface area (TPSA) is 79.7 Å². The first-order valence-electron chi connectivity index (χ1n) is 10.6. The van der Waals surface area contributed by atoms with Crippen LogP contribution in [0, 0.1) is 12.8 Å². The summed E-state index contributed by atoms with van der Waals surface area (Å²) in [6, 6.07) is 9.38. The van der Waals surface area contributed by atoms with Gasteiger partial charge in [-0.15, -0.1) is 0 Å². The van der Waals surface area contributed by atoms with Gasteiger partial charge in [-0.25, -0.2) is 4.79 Å². The number of cyclic esters (lactones) is 1. The van der Waals surface area contributed by atoms with E-state index in [-0.39, 0.29) is 30.4 Å². The highest BCUT2D eigenvalue weighted by atomic mass is 16.6. The van der Waals surface area contributed by atoms with Crippen molar-refractivity contribution in [2.24, 2.45) is 5.92 Å². The van der Waals surface area contributed by atoms with Crippen LogP contribution in [0.5, 0.6) is 0 Å². The third-order valence-corrected chi connectivity index (χ3v) is 5.57. The van der Waals surface area contributed by atoms with Crippen LogP contribution in [-0.2, 0) is 4.74 Å². The Bertz CT molecular complexity index is 895. The van der Waals surface area contributed by atoms with Gasteiger partial charge in [-0.2, -0.15) is 0 Å². The van der Waals surface area contributed by atoms with E-state index in [0.29, 0.717) is 30.7 Å². The van der Waals surface area contributed by atoms with Crippen molar-refractivity contribution in [1.82, 2.24) is 4.98 Å². The molecule has 1 N–H and O–H groups in total. The molecule has 1 aliphatic rings. The van der Waals surface area contributed by atoms with Crippen molar-refractivity contribution in [2.45, 2.75) is 52.5 Å². The number of anilines is 1. The van der Waals surface area contributed by atoms with Crippen molar-refractivity contribution >= 4 is 17.6 Å². The lowest BCUT2D eigenvalue weighted by Gasteiger charge is -2.22. The van der Waals surface area contributed by atoms with Gasteiger partial charge in [0.25, 0.3) is 0 Å². The molecule has 0 bridgehead atoms. The Kier molecular flexibility index (Phi) is 7.21. The molecule has 160 valence electrons. The van der Waals surface area contributed by atoms with Crippen molar-refractivity contribution in [1.29, 1.82) is 0 Å². The zero-order chi connectivity index (χ0) is 21.7. The quantitative estimate of drug-likeness (QED) is 0.602. The number of nitrogens with zero attached hydrogens (tertiary/aromatic N) is 2. The maximum atomic E-state index is 12.9. The van der Waals surface area contributed by atoms with E-state index in [9.17, 15) is 14.7 Å². The van der Waals surface area contributed by atoms with Crippen molar-refractivity contribution in [2.75, 3.05) is 18.1 Å². The van der Waals surface area contributed by atoms with E-state index in [1.807, 2.05) is 45.0 Å². The Labute approximate surface area is 177 Å². The number of carbonyl (C=O) groups is 2. The zero-order valence-electron chi connectivity index (χ0n) is 17.9. The van der Waals surface area contributed by atoms with Crippen LogP contribution in [0.15, 0.2) is 36.5 Å². The standard InChI is InChI=1S/C24H30N2O4/c1-4-20-15-30-24(29)26(20)21-11-18(22-9-8-16(2)13-25-22)10-19(12-21)23(28)7-5-6-17(3)14-27/h8-13,17,20,27H,4-7,14-15H2,1-3H3. The van der Waals surface area contributed by atoms with Gasteiger partial charge in [0.05, 0.1) is 11.7 Å². The number of aromatic nitrogens is 1. The van der Waals surface area contributed by atoms with Crippen LogP contribution < -0.4 is 4.90 Å². The molecule has 2 aromatic rings. The number of aliphatic hydroxyl groups is 1. The van der Waals surface area contributed by atoms with Crippen molar-refractivity contribution in [3.05, 3.63) is 47.7 Å². The first-order valence-corrected chi connectivity index (χ1v) is 10.6. The number of rotatable bonds is 9. The largest absolute Gasteiger partial charge is 0.447 e. The summed E-state index contributed by atoms with van der Waals surface area (Å²) >= 11 is 0. The maximum absolute atomic E-state index is 12.9. The molecule has 1 aliphatic heterocycles. The van der Waals surface area contributed by atoms with Crippen LogP contribution in [0.1, 0.15) is 55.5 Å². The number of Topliss-reactive ketones (excluding diaryl/α,β-unsaturated/α-hetero) is 1. The number of ether oxygens (including phenoxy) is 1. The molecule has 1 saturated heterocycles. The highest BCUT2D eigenvalue weighted by Crippen LogP contribution is 2.31. The lowest BCUT2D eigenvalue weighted by atomic mass is 9.97. The average Bonchev–Trinajstić information content (AvgIpc) is 3.14. The van der Waals surface area contributed by atoms with Crippen molar-refractivity contribution in [3.63, 3.8) is 0 Å². The molecule has 2 heterocycles. The van der Waals surface area contributed by atoms with Crippen molar-refractivity contribution in [3.8, 4) is 11.3 Å². The van der Waals surface area contributed by atoms with E-state index in [4.69, 9.17) is 4.74 Å². The number of hydrogen-bond donors (Lipinski definition) is 1. The predicted octanol–water partition coefficient (Wildman–Crippen LogP) is 4.77. The van der Waals surface area contributed by atoms with Crippen molar-refractivity contribution < 1.29 is 19.4 Å². The highest BCUT2D eigenvalue weighted by molar-refractivity contribution is 6.00. The third-order valence-electron chi connectivity index (χ3n) is 5.57. The number of hydrogen-bond acceptors (Lipinski definition) is 5. The Morgan fingerprint density at radius 2 is 2.13 bits per heavy atom. The Balaban J connectivity index is 1.95. The molecule has 1 amide bonds. The van der Waals surface area contributed by atoms with Crippen LogP contribution in [0.25, 0.3) is 11.3 Å². The molecule has 1 aromatic heterocycles. The zero-order valence-corrected chi connectivity index (χ0v) is 17.9. The second kappa shape index (κ2) is 9.85. The van der Waals surface area contributed by atoms with E-state index in [2.05, 4.69) is 4.98 Å². The highest BCUT2D eigenvalue weighted by Gasteiger charge is 2.33. The van der Waals surface area contributed by atoms with E-state index >= 15 is 0 Å². The molecule has 6 heteroatoms. The Hall–Kier alpha value is -2.73. The molecule has 2 unspecified atom stereocenters. The summed E-state index contributed by atoms with van der Waals surface area (Å²) in [4.78, 5) is 31.5. The van der Waals surface area contributed by atoms with Gasteiger partial charge < -0.3 is 9.84 Å². The second-order valence-corrected chi connectivity index (χ2v) is 8.10. The number of aliphatic hydroxyl groups excluding tert-OH is 1. The van der Waals surface area contributed by atoms with Gasteiger partial charge >= 0.3 is 6.09 Å². The first kappa shape index (κ1) is 22.0. The fourth-order valence-corrected chi connectivity index (χ4v) is 3.62. The molecule has 1 aromatic carbocycles. The van der Waals surface area contributed by atoms with Crippen LogP contribution >= 0.6 is 0 Å². The van der Waals surface area contributed by atoms with Crippen LogP contribution in [0.3, 0.4) is 0 Å². The molecule has 30 heavy (non-hydrogen) atoms. The smallest absolute Gasteiger partial charge is 0.414 e. The molecule has 0 aliphatic carbocycles. The average molecular weight is 411 g/mol. The number of ketones is 1. The summed E-state index contributed by atoms with van der Waals surface area (Å²) in [6.45, 7) is 6.43. The van der Waals surface area contributed by atoms with E-state index < -0.39 is 0 Å². The number of amides is 1. The van der Waals surface area contributed by atoms with E-state index in [0.717, 1.165) is 29.7 Å². The minimum atomic E-state index is -0.383. The molecule has 3 rings (SSSR count). The fraction of sp³-hybridized carbons (Fsp3) is 0.458. The molecule has 1 fully saturated rings. The molecular formula is C24H30N2O4. The fourth-order valence-electron chi connectivity index (χ4n) is 3.62. The monoisotopic (exact) mass is 410 g/mol. The van der Waals surface area contributed by atoms with Crippen LogP contribution in [0.2, 0.25) is 0 Å². The molecule has 2 atom stereocenters. The number of pyridine rings is 1. The Morgan fingerprint density at radius 1 is 1.33 bits per heavy atom. The van der Waals surface area contributed by atoms with Gasteiger partial charge in [-0.1, -0.05) is 19.9 Å². The van der Waals surface area contributed by atoms with Gasteiger partial charge in [-0.3, -0.25) is 14.7 Å². The SMILES string of the molecule is CCC1COC(=O)N1c1cc(C(=O)CCCC(C)CO)cc(-c2ccc(C)cn2)c1. The maximum Gasteiger partial charge on any atom is 0.414 e. The van der Waals surface area contributed by atoms with E-state index in [1.165, 1.54) is 0 Å². The Morgan fingerprint density at radius 3 is 2.80 bits per heavy atom. The summed E-state index contributed by atoms with van der Waals surface area (Å²) in [7, 11) is 0. The third kappa shape index (κ3) is 5.05. The summed E-state index contributed by atoms with van der Waals surface area (Å²) in [5.74, 6) is 0.206. The summed E-state index contributed by atoms with van der Waals surface area (Å²) in [5, 5.41) is 9.19. The lowest BCUT2D eigenvalue weighted by molar-refractivity contribution is 0.0975. The van der Waals surface area contributed by atoms with E-state index in [1.54, 1.807) is 17.2 Å². The van der Waals surface area contributed by atoms with Gasteiger partial charge in [0.15, 0.2) is 5.78 Å². The van der Waals surface area contributed by atoms with Gasteiger partial charge in [-0.05, 0) is 61.9 Å². The predicted molar refractivity (Wildman–Crippen MR) is 117 cm³/mol. The number of benzene rings is 1. The molecular weight excluding hydrogens is 380 g/mol. The van der Waals surface area contributed by atoms with Crippen LogP contribution in [0.4, 0.5) is 10.5 Å². The summed E-state index contributed by atoms with van der Waals surface area (Å²) in [5.41, 5.74) is 3.84. The number of carbonyl (C=O) groups excluding carboxylic acids is 2. The molecule has 0 saturated carbocycles. The molecule has 0 radical (unpaired) electrons. The first-order chi connectivity index (χ1) is 14.4. The van der Waals surface area contributed by atoms with Gasteiger partial charge in [0.1, 0.15) is 6.61 Å². The number of aryl methyl sites for hydroxylation is 1. The van der Waals surface area contributed by atoms with Gasteiger partial charge in [0.2, 0.25) is 0 Å². The normalized spacial score (nSPS) is 17.1. The van der Waals surface area contributed by atoms with Crippen LogP contribution in [-0.4, -0.2) is 41.2 Å². The van der Waals surface area contributed by atoms with Gasteiger partial charge in [0, 0.05) is 36.0 Å². The molecule has 0 spiro atoms.